The molecule has 2 aromatic heterocycles. The molecule has 0 N–H and O–H groups in total. The van der Waals surface area contributed by atoms with Crippen LogP contribution in [0.1, 0.15) is 102 Å². The van der Waals surface area contributed by atoms with Crippen LogP contribution in [0.2, 0.25) is 0 Å². The average molecular weight is 785 g/mol. The Labute approximate surface area is 341 Å². The SMILES string of the molecule is CCCCCCCCc1ccc(-n2c(-c3cccc(OC)c3[N+](=O)[O-])cc3c2cc(-c2cccc(OC)c2[N+](=O)[O-])n3-c2ccc(CCCCCCCC)cc2)cc1. The first-order chi connectivity index (χ1) is 28.3. The van der Waals surface area contributed by atoms with E-state index in [4.69, 9.17) is 9.47 Å². The second kappa shape index (κ2) is 20.0. The van der Waals surface area contributed by atoms with Crippen molar-refractivity contribution >= 4 is 22.4 Å². The van der Waals surface area contributed by atoms with E-state index in [9.17, 15) is 20.2 Å². The first kappa shape index (κ1) is 41.7. The summed E-state index contributed by atoms with van der Waals surface area (Å²) in [4.78, 5) is 24.6. The van der Waals surface area contributed by atoms with Crippen molar-refractivity contribution in [2.24, 2.45) is 0 Å². The lowest BCUT2D eigenvalue weighted by molar-refractivity contribution is -0.385. The first-order valence-corrected chi connectivity index (χ1v) is 20.9. The number of rotatable bonds is 22. The molecular formula is C48H56N4O6. The van der Waals surface area contributed by atoms with Crippen LogP contribution in [0.25, 0.3) is 44.9 Å². The number of unbranched alkanes of at least 4 members (excludes halogenated alkanes) is 10. The van der Waals surface area contributed by atoms with Gasteiger partial charge in [-0.2, -0.15) is 0 Å². The van der Waals surface area contributed by atoms with E-state index in [0.29, 0.717) is 22.5 Å². The van der Waals surface area contributed by atoms with Crippen LogP contribution in [0.5, 0.6) is 11.5 Å². The number of ether oxygens (including phenoxy) is 2. The van der Waals surface area contributed by atoms with Gasteiger partial charge in [-0.05, 0) is 97.5 Å². The molecule has 0 bridgehead atoms. The molecule has 6 aromatic rings. The normalized spacial score (nSPS) is 11.3. The molecule has 6 rings (SSSR count). The van der Waals surface area contributed by atoms with E-state index in [1.807, 2.05) is 21.3 Å². The number of nitro benzene ring substituents is 2. The second-order valence-corrected chi connectivity index (χ2v) is 15.1. The molecule has 2 heterocycles. The van der Waals surface area contributed by atoms with E-state index in [0.717, 1.165) is 48.1 Å². The molecule has 0 amide bonds. The van der Waals surface area contributed by atoms with Crippen LogP contribution in [0.4, 0.5) is 11.4 Å². The number of hydrogen-bond donors (Lipinski definition) is 0. The van der Waals surface area contributed by atoms with Crippen LogP contribution in [0.15, 0.2) is 97.1 Å². The number of benzene rings is 4. The number of aryl methyl sites for hydroxylation is 2. The number of nitro groups is 2. The Hall–Kier alpha value is -5.90. The number of methoxy groups -OCH3 is 2. The highest BCUT2D eigenvalue weighted by Gasteiger charge is 2.30. The molecule has 0 spiro atoms. The van der Waals surface area contributed by atoms with Crippen molar-refractivity contribution in [2.75, 3.05) is 14.2 Å². The predicted molar refractivity (Wildman–Crippen MR) is 234 cm³/mol. The quantitative estimate of drug-likeness (QED) is 0.0384. The average Bonchev–Trinajstić information content (AvgIpc) is 3.79. The molecule has 304 valence electrons. The van der Waals surface area contributed by atoms with Gasteiger partial charge in [-0.25, -0.2) is 0 Å². The maximum atomic E-state index is 12.7. The van der Waals surface area contributed by atoms with E-state index in [1.165, 1.54) is 89.6 Å². The third-order valence-corrected chi connectivity index (χ3v) is 11.2. The lowest BCUT2D eigenvalue weighted by atomic mass is 10.0. The van der Waals surface area contributed by atoms with Gasteiger partial charge in [-0.3, -0.25) is 20.2 Å². The van der Waals surface area contributed by atoms with E-state index in [-0.39, 0.29) is 22.9 Å². The van der Waals surface area contributed by atoms with Crippen LogP contribution in [0, 0.1) is 20.2 Å². The summed E-state index contributed by atoms with van der Waals surface area (Å²) in [6, 6.07) is 30.8. The Morgan fingerprint density at radius 1 is 0.500 bits per heavy atom. The molecule has 0 aliphatic rings. The lowest BCUT2D eigenvalue weighted by Gasteiger charge is -2.14. The number of aromatic nitrogens is 2. The molecule has 0 aliphatic heterocycles. The highest BCUT2D eigenvalue weighted by molar-refractivity contribution is 5.96. The summed E-state index contributed by atoms with van der Waals surface area (Å²) in [5.74, 6) is 0.316. The van der Waals surface area contributed by atoms with E-state index >= 15 is 0 Å². The topological polar surface area (TPSA) is 115 Å². The summed E-state index contributed by atoms with van der Waals surface area (Å²) >= 11 is 0. The lowest BCUT2D eigenvalue weighted by Crippen LogP contribution is -2.02. The van der Waals surface area contributed by atoms with Crippen molar-refractivity contribution in [2.45, 2.75) is 104 Å². The summed E-state index contributed by atoms with van der Waals surface area (Å²) in [5.41, 5.74) is 7.25. The largest absolute Gasteiger partial charge is 0.490 e. The van der Waals surface area contributed by atoms with Crippen molar-refractivity contribution in [3.8, 4) is 45.4 Å². The van der Waals surface area contributed by atoms with Crippen LogP contribution < -0.4 is 9.47 Å². The molecule has 58 heavy (non-hydrogen) atoms. The molecule has 0 fully saturated rings. The van der Waals surface area contributed by atoms with Crippen molar-refractivity contribution in [3.05, 3.63) is 128 Å². The number of nitrogens with zero attached hydrogens (tertiary/aromatic N) is 4. The second-order valence-electron chi connectivity index (χ2n) is 15.1. The predicted octanol–water partition coefficient (Wildman–Crippen LogP) is 13.4. The molecule has 4 aromatic carbocycles. The van der Waals surface area contributed by atoms with E-state index in [2.05, 4.69) is 62.4 Å². The summed E-state index contributed by atoms with van der Waals surface area (Å²) in [6.07, 6.45) is 16.5. The summed E-state index contributed by atoms with van der Waals surface area (Å²) in [7, 11) is 2.86. The highest BCUT2D eigenvalue weighted by atomic mass is 16.6. The zero-order valence-electron chi connectivity index (χ0n) is 34.4. The number of para-hydroxylation sites is 2. The summed E-state index contributed by atoms with van der Waals surface area (Å²) < 4.78 is 15.1. The van der Waals surface area contributed by atoms with Gasteiger partial charge in [0.05, 0.1) is 57.6 Å². The minimum absolute atomic E-state index is 0.139. The van der Waals surface area contributed by atoms with Crippen molar-refractivity contribution in [1.82, 2.24) is 9.13 Å². The molecule has 0 saturated heterocycles. The van der Waals surface area contributed by atoms with Gasteiger partial charge in [0.2, 0.25) is 0 Å². The smallest absolute Gasteiger partial charge is 0.320 e. The highest BCUT2D eigenvalue weighted by Crippen LogP contribution is 2.46. The fourth-order valence-corrected chi connectivity index (χ4v) is 8.11. The Balaban J connectivity index is 1.53. The van der Waals surface area contributed by atoms with Gasteiger partial charge >= 0.3 is 11.4 Å². The van der Waals surface area contributed by atoms with Gasteiger partial charge in [0.1, 0.15) is 0 Å². The van der Waals surface area contributed by atoms with E-state index in [1.54, 1.807) is 36.4 Å². The molecule has 0 radical (unpaired) electrons. The molecule has 10 heteroatoms. The van der Waals surface area contributed by atoms with Crippen LogP contribution >= 0.6 is 0 Å². The molecule has 10 nitrogen and oxygen atoms in total. The number of hydrogen-bond acceptors (Lipinski definition) is 6. The molecule has 0 aliphatic carbocycles. The number of fused-ring (bicyclic) bond motifs is 1. The zero-order valence-corrected chi connectivity index (χ0v) is 34.4. The first-order valence-electron chi connectivity index (χ1n) is 20.9. The summed E-state index contributed by atoms with van der Waals surface area (Å²) in [5, 5.41) is 25.4. The van der Waals surface area contributed by atoms with Gasteiger partial charge in [0, 0.05) is 11.4 Å². The van der Waals surface area contributed by atoms with Gasteiger partial charge in [-0.15, -0.1) is 0 Å². The molecule has 0 saturated carbocycles. The van der Waals surface area contributed by atoms with Gasteiger partial charge < -0.3 is 18.6 Å². The summed E-state index contributed by atoms with van der Waals surface area (Å²) in [6.45, 7) is 4.45. The maximum absolute atomic E-state index is 12.7. The minimum Gasteiger partial charge on any atom is -0.490 e. The van der Waals surface area contributed by atoms with Crippen LogP contribution in [0.3, 0.4) is 0 Å². The van der Waals surface area contributed by atoms with Gasteiger partial charge in [0.15, 0.2) is 11.5 Å². The Bertz CT molecular complexity index is 2140. The monoisotopic (exact) mass is 784 g/mol. The maximum Gasteiger partial charge on any atom is 0.320 e. The Morgan fingerprint density at radius 3 is 1.21 bits per heavy atom. The molecule has 0 unspecified atom stereocenters. The van der Waals surface area contributed by atoms with Crippen LogP contribution in [-0.4, -0.2) is 33.2 Å². The third kappa shape index (κ3) is 9.28. The van der Waals surface area contributed by atoms with Crippen molar-refractivity contribution in [3.63, 3.8) is 0 Å². The molecule has 0 atom stereocenters. The Morgan fingerprint density at radius 2 is 0.862 bits per heavy atom. The third-order valence-electron chi connectivity index (χ3n) is 11.2. The van der Waals surface area contributed by atoms with Crippen molar-refractivity contribution in [1.29, 1.82) is 0 Å². The molecular weight excluding hydrogens is 729 g/mol. The van der Waals surface area contributed by atoms with Gasteiger partial charge in [0.25, 0.3) is 0 Å². The van der Waals surface area contributed by atoms with Crippen LogP contribution in [-0.2, 0) is 12.8 Å². The standard InChI is InChI=1S/C48H56N4O6/c1-5-7-9-11-13-15-19-35-25-29-37(30-26-35)49-41(39-21-17-23-45(57-3)47(39)51(53)54)33-44-43(49)34-42(40-22-18-24-46(58-4)48(40)52(55)56)50(44)38-31-27-36(28-32-38)20-16-14-12-10-8-6-2/h17-18,21-34H,5-16,19-20H2,1-4H3. The van der Waals surface area contributed by atoms with Gasteiger partial charge in [-0.1, -0.05) is 114 Å². The zero-order chi connectivity index (χ0) is 41.0. The fourth-order valence-electron chi connectivity index (χ4n) is 8.11. The minimum atomic E-state index is -0.401. The fraction of sp³-hybridized carbons (Fsp3) is 0.375. The van der Waals surface area contributed by atoms with E-state index < -0.39 is 9.85 Å². The Kier molecular flexibility index (Phi) is 14.4. The van der Waals surface area contributed by atoms with Crippen molar-refractivity contribution < 1.29 is 19.3 Å².